The summed E-state index contributed by atoms with van der Waals surface area (Å²) in [5, 5.41) is 25.1. The monoisotopic (exact) mass is 827 g/mol. The molecule has 1 aliphatic heterocycles. The predicted octanol–water partition coefficient (Wildman–Crippen LogP) is 6.80. The van der Waals surface area contributed by atoms with Gasteiger partial charge in [0, 0.05) is 30.7 Å². The van der Waals surface area contributed by atoms with Crippen molar-refractivity contribution in [2.24, 2.45) is 49.8 Å². The van der Waals surface area contributed by atoms with E-state index in [1.54, 1.807) is 32.2 Å². The van der Waals surface area contributed by atoms with Gasteiger partial charge in [0.05, 0.1) is 54.0 Å². The van der Waals surface area contributed by atoms with Crippen molar-refractivity contribution in [1.29, 1.82) is 0 Å². The number of ether oxygens (including phenoxy) is 2. The molecule has 326 valence electrons. The number of hydrogen-bond acceptors (Lipinski definition) is 10. The van der Waals surface area contributed by atoms with Crippen molar-refractivity contribution in [3.63, 3.8) is 0 Å². The maximum atomic E-state index is 14.6. The van der Waals surface area contributed by atoms with E-state index in [0.29, 0.717) is 49.1 Å². The number of methoxy groups -OCH3 is 1. The Balaban J connectivity index is 1.19. The third kappa shape index (κ3) is 5.38. The average Bonchev–Trinajstić information content (AvgIpc) is 3.63. The van der Waals surface area contributed by atoms with Crippen molar-refractivity contribution >= 4 is 23.9 Å². The highest BCUT2D eigenvalue weighted by Crippen LogP contribution is 2.79. The maximum absolute atomic E-state index is 14.6. The molecule has 8 rings (SSSR count). The zero-order chi connectivity index (χ0) is 43.6. The van der Waals surface area contributed by atoms with Crippen molar-refractivity contribution < 1.29 is 34.1 Å². The van der Waals surface area contributed by atoms with Gasteiger partial charge in [0.25, 0.3) is 0 Å². The smallest absolute Gasteiger partial charge is 0.313 e. The van der Waals surface area contributed by atoms with Crippen LogP contribution in [-0.4, -0.2) is 80.8 Å². The zero-order valence-corrected chi connectivity index (χ0v) is 37.2. The molecule has 2 aromatic rings. The normalized spacial score (nSPS) is 36.8. The number of aromatic hydroxyl groups is 1. The van der Waals surface area contributed by atoms with Crippen molar-refractivity contribution in [3.05, 3.63) is 45.5 Å². The van der Waals surface area contributed by atoms with Gasteiger partial charge in [0.1, 0.15) is 6.10 Å². The van der Waals surface area contributed by atoms with Crippen molar-refractivity contribution in [1.82, 2.24) is 19.7 Å². The van der Waals surface area contributed by atoms with Crippen molar-refractivity contribution in [2.45, 2.75) is 143 Å². The first-order valence-corrected chi connectivity index (χ1v) is 22.1. The number of allylic oxidation sites excluding steroid dienone is 2. The Hall–Kier alpha value is -4.26. The third-order valence-corrected chi connectivity index (χ3v) is 17.7. The lowest BCUT2D eigenvalue weighted by Gasteiger charge is -2.76. The van der Waals surface area contributed by atoms with Gasteiger partial charge in [-0.2, -0.15) is 0 Å². The first-order chi connectivity index (χ1) is 28.1. The lowest BCUT2D eigenvalue weighted by molar-refractivity contribution is -0.237. The number of ketones is 1. The summed E-state index contributed by atoms with van der Waals surface area (Å²) in [6, 6.07) is 3.47. The molecular weight excluding hydrogens is 763 g/mol. The molecule has 3 unspecified atom stereocenters. The topological polar surface area (TPSA) is 174 Å². The largest absolute Gasteiger partial charge is 0.502 e. The maximum Gasteiger partial charge on any atom is 0.313 e. The molecule has 0 amide bonds. The van der Waals surface area contributed by atoms with E-state index in [2.05, 4.69) is 51.8 Å². The Morgan fingerprint density at radius 1 is 1.00 bits per heavy atom. The number of carbonyl (C=O) groups excluding carboxylic acids is 2. The van der Waals surface area contributed by atoms with Crippen molar-refractivity contribution in [2.75, 3.05) is 20.7 Å². The van der Waals surface area contributed by atoms with Crippen molar-refractivity contribution in [3.8, 4) is 17.3 Å². The summed E-state index contributed by atoms with van der Waals surface area (Å²) in [6.07, 6.45) is 9.76. The van der Waals surface area contributed by atoms with Gasteiger partial charge in [-0.1, -0.05) is 34.6 Å². The Kier molecular flexibility index (Phi) is 9.81. The number of carbonyl (C=O) groups is 3. The number of esters is 1. The fourth-order valence-electron chi connectivity index (χ4n) is 14.3. The number of nitrogens with one attached hydrogen (secondary N) is 1. The number of pyridine rings is 1. The summed E-state index contributed by atoms with van der Waals surface area (Å²) >= 11 is 0. The highest BCUT2D eigenvalue weighted by molar-refractivity contribution is 6.02. The molecule has 6 aliphatic rings. The molecule has 60 heavy (non-hydrogen) atoms. The number of likely N-dealkylation sites (N-methyl/N-ethyl adjacent to an activating group) is 1. The quantitative estimate of drug-likeness (QED) is 0.205. The first kappa shape index (κ1) is 42.4. The van der Waals surface area contributed by atoms with Gasteiger partial charge >= 0.3 is 17.5 Å². The van der Waals surface area contributed by atoms with Crippen LogP contribution in [0.1, 0.15) is 125 Å². The molecule has 13 nitrogen and oxygen atoms in total. The summed E-state index contributed by atoms with van der Waals surface area (Å²) in [7, 11) is 3.40. The average molecular weight is 828 g/mol. The number of nitrogens with zero attached hydrogens (tertiary/aromatic N) is 4. The van der Waals surface area contributed by atoms with E-state index in [1.807, 2.05) is 17.9 Å². The number of carboxylic acid groups (broad SMARTS) is 1. The summed E-state index contributed by atoms with van der Waals surface area (Å²) < 4.78 is 14.9. The van der Waals surface area contributed by atoms with Crippen LogP contribution in [0.4, 0.5) is 0 Å². The molecule has 3 heterocycles. The van der Waals surface area contributed by atoms with E-state index in [9.17, 15) is 29.4 Å². The predicted molar refractivity (Wildman–Crippen MR) is 227 cm³/mol. The first-order valence-electron chi connectivity index (χ1n) is 22.1. The van der Waals surface area contributed by atoms with Gasteiger partial charge in [0.15, 0.2) is 5.78 Å². The van der Waals surface area contributed by atoms with Crippen LogP contribution in [0.25, 0.3) is 5.69 Å². The molecular formula is C47H65N5O8. The number of Topliss-reactive ketones (excluding diaryl/α,β-unsaturated/α-hetero) is 1. The zero-order valence-electron chi connectivity index (χ0n) is 37.2. The standard InChI is InChI=1S/C47H65N5O8/c1-27(2)35-30(53)23-46(38-37(55)39(56)52(51(38)22-21-48-9)28-11-14-33(59-10)49-25-28)19-17-42(5)29(36(35)46)12-13-31-43(42,6)18-20-47-44(31,7)16-15-32(45(47,8)26-50-47)60-34(54)24-41(3,4)40(57)58/h11,14,25-27,29,31-32,48,55H,12-13,15-24H2,1-10H3,(H,57,58)/t29-,31+,32?,42-,43?,44?,45-,46-,47+/m1/s1. The van der Waals surface area contributed by atoms with E-state index < -0.39 is 39.3 Å². The fraction of sp³-hybridized carbons (Fsp3) is 0.702. The van der Waals surface area contributed by atoms with Crippen LogP contribution in [-0.2, 0) is 31.1 Å². The van der Waals surface area contributed by atoms with E-state index in [-0.39, 0.29) is 58.6 Å². The number of carboxylic acids is 1. The van der Waals surface area contributed by atoms with Gasteiger partial charge in [-0.25, -0.2) is 9.67 Å². The highest BCUT2D eigenvalue weighted by Gasteiger charge is 2.77. The lowest BCUT2D eigenvalue weighted by atomic mass is 9.30. The summed E-state index contributed by atoms with van der Waals surface area (Å²) in [6.45, 7) is 17.8. The van der Waals surface area contributed by atoms with Crippen LogP contribution >= 0.6 is 0 Å². The fourth-order valence-corrected chi connectivity index (χ4v) is 14.3. The second-order valence-electron chi connectivity index (χ2n) is 21.0. The van der Waals surface area contributed by atoms with Gasteiger partial charge in [-0.15, -0.1) is 0 Å². The van der Waals surface area contributed by atoms with E-state index in [0.717, 1.165) is 49.7 Å². The minimum absolute atomic E-state index is 0.0361. The Morgan fingerprint density at radius 3 is 2.32 bits per heavy atom. The van der Waals surface area contributed by atoms with E-state index in [4.69, 9.17) is 14.5 Å². The second-order valence-corrected chi connectivity index (χ2v) is 21.0. The number of aliphatic carboxylic acids is 1. The molecule has 1 spiro atoms. The molecule has 5 aliphatic carbocycles. The molecule has 4 fully saturated rings. The van der Waals surface area contributed by atoms with Gasteiger partial charge in [-0.3, -0.25) is 28.9 Å². The Labute approximate surface area is 353 Å². The number of fused-ring (bicyclic) bond motifs is 6. The van der Waals surface area contributed by atoms with Gasteiger partial charge < -0.3 is 25.0 Å². The van der Waals surface area contributed by atoms with Crippen LogP contribution in [0.3, 0.4) is 0 Å². The van der Waals surface area contributed by atoms with E-state index >= 15 is 0 Å². The molecule has 0 radical (unpaired) electrons. The third-order valence-electron chi connectivity index (χ3n) is 17.7. The number of hydrogen-bond donors (Lipinski definition) is 3. The Bertz CT molecular complexity index is 2260. The molecule has 4 saturated carbocycles. The molecule has 2 aromatic heterocycles. The van der Waals surface area contributed by atoms with Gasteiger partial charge in [0.2, 0.25) is 11.6 Å². The summed E-state index contributed by atoms with van der Waals surface area (Å²) in [5.41, 5.74) is -0.982. The number of rotatable bonds is 11. The molecule has 9 atom stereocenters. The lowest BCUT2D eigenvalue weighted by Crippen LogP contribution is -2.77. The SMILES string of the molecule is CNCCn1c([C@@]23CC[C@]4(C)[C@H](CC[C@@H]5C6(C)CCC(OC(=O)CC(C)(C)C(=O)O)[C@@]7(C)C=N[C@@]67CCC54C)C2=C(C(C)C)C(=O)C3)c(O)c(=O)n1-c1ccc(OC)nc1. The molecule has 3 N–H and O–H groups in total. The molecule has 0 bridgehead atoms. The molecule has 13 heteroatoms. The number of aromatic nitrogens is 3. The van der Waals surface area contributed by atoms with Crippen LogP contribution in [0.2, 0.25) is 0 Å². The minimum atomic E-state index is -1.22. The molecule has 0 saturated heterocycles. The Morgan fingerprint density at radius 2 is 1.72 bits per heavy atom. The summed E-state index contributed by atoms with van der Waals surface area (Å²) in [5.74, 6) is -0.970. The van der Waals surface area contributed by atoms with Crippen LogP contribution in [0, 0.1) is 44.8 Å². The highest BCUT2D eigenvalue weighted by atomic mass is 16.5. The van der Waals surface area contributed by atoms with E-state index in [1.165, 1.54) is 11.8 Å². The van der Waals surface area contributed by atoms with Gasteiger partial charge in [-0.05, 0) is 130 Å². The van der Waals surface area contributed by atoms with Crippen LogP contribution in [0.5, 0.6) is 11.6 Å². The second kappa shape index (κ2) is 13.9. The number of aliphatic imine (C=N–C) groups is 1. The van der Waals surface area contributed by atoms with Crippen LogP contribution in [0.15, 0.2) is 39.3 Å². The van der Waals surface area contributed by atoms with Crippen LogP contribution < -0.4 is 15.6 Å². The summed E-state index contributed by atoms with van der Waals surface area (Å²) in [4.78, 5) is 63.7. The molecule has 0 aromatic carbocycles. The minimum Gasteiger partial charge on any atom is -0.502 e.